The van der Waals surface area contributed by atoms with Gasteiger partial charge in [0.1, 0.15) is 24.2 Å². The van der Waals surface area contributed by atoms with Gasteiger partial charge in [0, 0.05) is 26.3 Å². The SMILES string of the molecule is CC(=O)NC(C)(C)c1ccc(OC2CCN(C3=NCC(=O)CC=C3)C2)cc1. The van der Waals surface area contributed by atoms with Gasteiger partial charge in [-0.3, -0.25) is 14.6 Å². The van der Waals surface area contributed by atoms with Gasteiger partial charge in [-0.2, -0.15) is 0 Å². The van der Waals surface area contributed by atoms with Gasteiger partial charge in [0.2, 0.25) is 5.91 Å². The summed E-state index contributed by atoms with van der Waals surface area (Å²) in [5, 5.41) is 2.95. The van der Waals surface area contributed by atoms with E-state index < -0.39 is 5.54 Å². The standard InChI is InChI=1S/C21H27N3O3/c1-15(25)23-21(2,3)16-7-9-18(10-8-16)27-19-11-12-24(14-19)20-6-4-5-17(26)13-22-20/h4,6-10,19H,5,11-14H2,1-3H3,(H,23,25). The molecule has 1 unspecified atom stereocenters. The van der Waals surface area contributed by atoms with Crippen molar-refractivity contribution in [1.82, 2.24) is 10.2 Å². The summed E-state index contributed by atoms with van der Waals surface area (Å²) in [7, 11) is 0. The number of nitrogens with one attached hydrogen (secondary N) is 1. The van der Waals surface area contributed by atoms with E-state index in [1.54, 1.807) is 0 Å². The summed E-state index contributed by atoms with van der Waals surface area (Å²) in [5.74, 6) is 1.79. The molecule has 1 aromatic carbocycles. The van der Waals surface area contributed by atoms with Crippen LogP contribution in [-0.4, -0.2) is 48.2 Å². The van der Waals surface area contributed by atoms with Crippen LogP contribution in [0.25, 0.3) is 0 Å². The molecule has 0 radical (unpaired) electrons. The van der Waals surface area contributed by atoms with Gasteiger partial charge in [-0.25, -0.2) is 0 Å². The van der Waals surface area contributed by atoms with Crippen molar-refractivity contribution in [2.45, 2.75) is 45.3 Å². The van der Waals surface area contributed by atoms with Crippen molar-refractivity contribution in [2.24, 2.45) is 4.99 Å². The number of rotatable bonds is 4. The van der Waals surface area contributed by atoms with Gasteiger partial charge in [-0.05, 0) is 37.6 Å². The van der Waals surface area contributed by atoms with Crippen molar-refractivity contribution in [3.8, 4) is 5.75 Å². The van der Waals surface area contributed by atoms with Gasteiger partial charge < -0.3 is 15.0 Å². The Hall–Kier alpha value is -2.63. The quantitative estimate of drug-likeness (QED) is 0.885. The maximum absolute atomic E-state index is 11.5. The highest BCUT2D eigenvalue weighted by Gasteiger charge is 2.26. The minimum Gasteiger partial charge on any atom is -0.489 e. The van der Waals surface area contributed by atoms with Gasteiger partial charge in [0.15, 0.2) is 5.78 Å². The van der Waals surface area contributed by atoms with E-state index in [9.17, 15) is 9.59 Å². The third kappa shape index (κ3) is 4.96. The van der Waals surface area contributed by atoms with E-state index in [2.05, 4.69) is 15.2 Å². The molecule has 2 aliphatic heterocycles. The second-order valence-corrected chi connectivity index (χ2v) is 7.62. The number of allylic oxidation sites excluding steroid dienone is 1. The van der Waals surface area contributed by atoms with Crippen LogP contribution in [0.4, 0.5) is 0 Å². The molecular weight excluding hydrogens is 342 g/mol. The minimum absolute atomic E-state index is 0.0523. The molecule has 6 heteroatoms. The Morgan fingerprint density at radius 1 is 1.30 bits per heavy atom. The topological polar surface area (TPSA) is 71.0 Å². The number of benzene rings is 1. The predicted molar refractivity (Wildman–Crippen MR) is 105 cm³/mol. The monoisotopic (exact) mass is 369 g/mol. The summed E-state index contributed by atoms with van der Waals surface area (Å²) in [6, 6.07) is 7.87. The summed E-state index contributed by atoms with van der Waals surface area (Å²) in [6.45, 7) is 7.37. The van der Waals surface area contributed by atoms with Gasteiger partial charge in [-0.1, -0.05) is 18.2 Å². The van der Waals surface area contributed by atoms with Crippen LogP contribution in [0.15, 0.2) is 41.4 Å². The fourth-order valence-electron chi connectivity index (χ4n) is 3.47. The summed E-state index contributed by atoms with van der Waals surface area (Å²) in [5.41, 5.74) is 0.608. The Balaban J connectivity index is 1.59. The lowest BCUT2D eigenvalue weighted by Crippen LogP contribution is -2.39. The van der Waals surface area contributed by atoms with E-state index in [0.29, 0.717) is 6.42 Å². The van der Waals surface area contributed by atoms with Gasteiger partial charge in [-0.15, -0.1) is 0 Å². The molecule has 0 aromatic heterocycles. The van der Waals surface area contributed by atoms with Crippen molar-refractivity contribution in [1.29, 1.82) is 0 Å². The molecular formula is C21H27N3O3. The van der Waals surface area contributed by atoms with Crippen molar-refractivity contribution < 1.29 is 14.3 Å². The number of amides is 1. The first kappa shape index (κ1) is 19.1. The summed E-state index contributed by atoms with van der Waals surface area (Å²) < 4.78 is 6.12. The summed E-state index contributed by atoms with van der Waals surface area (Å²) in [4.78, 5) is 29.4. The van der Waals surface area contributed by atoms with E-state index in [1.165, 1.54) is 6.92 Å². The van der Waals surface area contributed by atoms with Crippen LogP contribution >= 0.6 is 0 Å². The average molecular weight is 369 g/mol. The van der Waals surface area contributed by atoms with Crippen molar-refractivity contribution >= 4 is 17.5 Å². The molecule has 1 aromatic rings. The second kappa shape index (κ2) is 7.94. The zero-order chi connectivity index (χ0) is 19.4. The molecule has 1 N–H and O–H groups in total. The number of ketones is 1. The van der Waals surface area contributed by atoms with Crippen LogP contribution < -0.4 is 10.1 Å². The van der Waals surface area contributed by atoms with Crippen molar-refractivity contribution in [3.63, 3.8) is 0 Å². The van der Waals surface area contributed by atoms with E-state index in [4.69, 9.17) is 4.74 Å². The Bertz CT molecular complexity index is 765. The number of nitrogens with zero attached hydrogens (tertiary/aromatic N) is 2. The molecule has 0 saturated carbocycles. The first-order chi connectivity index (χ1) is 12.8. The lowest BCUT2D eigenvalue weighted by Gasteiger charge is -2.26. The molecule has 1 saturated heterocycles. The Labute approximate surface area is 160 Å². The van der Waals surface area contributed by atoms with Crippen LogP contribution in [0.2, 0.25) is 0 Å². The molecule has 1 fully saturated rings. The Morgan fingerprint density at radius 3 is 2.74 bits per heavy atom. The van der Waals surface area contributed by atoms with Gasteiger partial charge >= 0.3 is 0 Å². The molecule has 2 aliphatic rings. The van der Waals surface area contributed by atoms with Crippen LogP contribution in [0.5, 0.6) is 5.75 Å². The third-order valence-corrected chi connectivity index (χ3v) is 4.87. The molecule has 6 nitrogen and oxygen atoms in total. The lowest BCUT2D eigenvalue weighted by atomic mass is 9.94. The number of Topliss-reactive ketones (excluding diaryl/α,β-unsaturated/α-hetero) is 1. The zero-order valence-corrected chi connectivity index (χ0v) is 16.2. The molecule has 3 rings (SSSR count). The first-order valence-corrected chi connectivity index (χ1v) is 9.37. The molecule has 0 aliphatic carbocycles. The number of hydrogen-bond acceptors (Lipinski definition) is 5. The first-order valence-electron chi connectivity index (χ1n) is 9.37. The molecule has 1 atom stereocenters. The number of carbonyl (C=O) groups is 2. The summed E-state index contributed by atoms with van der Waals surface area (Å²) in [6.07, 6.45) is 5.29. The number of carbonyl (C=O) groups excluding carboxylic acids is 2. The van der Waals surface area contributed by atoms with Crippen LogP contribution in [0, 0.1) is 0 Å². The number of amidine groups is 1. The van der Waals surface area contributed by atoms with Crippen molar-refractivity contribution in [3.05, 3.63) is 42.0 Å². The van der Waals surface area contributed by atoms with Gasteiger partial charge in [0.05, 0.1) is 12.1 Å². The number of hydrogen-bond donors (Lipinski definition) is 1. The van der Waals surface area contributed by atoms with Crippen LogP contribution in [0.3, 0.4) is 0 Å². The fraction of sp³-hybridized carbons (Fsp3) is 0.476. The minimum atomic E-state index is -0.421. The fourth-order valence-corrected chi connectivity index (χ4v) is 3.47. The van der Waals surface area contributed by atoms with E-state index in [1.807, 2.05) is 50.3 Å². The maximum Gasteiger partial charge on any atom is 0.217 e. The Kier molecular flexibility index (Phi) is 5.63. The average Bonchev–Trinajstić information content (AvgIpc) is 2.94. The molecule has 0 spiro atoms. The normalized spacial score (nSPS) is 20.3. The highest BCUT2D eigenvalue weighted by molar-refractivity contribution is 5.97. The highest BCUT2D eigenvalue weighted by Crippen LogP contribution is 2.25. The summed E-state index contributed by atoms with van der Waals surface area (Å²) >= 11 is 0. The van der Waals surface area contributed by atoms with Gasteiger partial charge in [0.25, 0.3) is 0 Å². The predicted octanol–water partition coefficient (Wildman–Crippen LogP) is 2.44. The molecule has 0 bridgehead atoms. The molecule has 27 heavy (non-hydrogen) atoms. The second-order valence-electron chi connectivity index (χ2n) is 7.62. The largest absolute Gasteiger partial charge is 0.489 e. The smallest absolute Gasteiger partial charge is 0.217 e. The van der Waals surface area contributed by atoms with Crippen molar-refractivity contribution in [2.75, 3.05) is 19.6 Å². The van der Waals surface area contributed by atoms with E-state index >= 15 is 0 Å². The third-order valence-electron chi connectivity index (χ3n) is 4.87. The molecule has 2 heterocycles. The Morgan fingerprint density at radius 2 is 2.04 bits per heavy atom. The number of ether oxygens (including phenoxy) is 1. The van der Waals surface area contributed by atoms with E-state index in [-0.39, 0.29) is 24.3 Å². The van der Waals surface area contributed by atoms with E-state index in [0.717, 1.165) is 36.7 Å². The highest BCUT2D eigenvalue weighted by atomic mass is 16.5. The molecule has 144 valence electrons. The van der Waals surface area contributed by atoms with Crippen LogP contribution in [0.1, 0.15) is 39.2 Å². The number of aliphatic imine (C=N–C) groups is 1. The van der Waals surface area contributed by atoms with Crippen LogP contribution in [-0.2, 0) is 15.1 Å². The zero-order valence-electron chi connectivity index (χ0n) is 16.2. The lowest BCUT2D eigenvalue weighted by molar-refractivity contribution is -0.120. The maximum atomic E-state index is 11.5. The molecule has 1 amide bonds. The number of likely N-dealkylation sites (tertiary alicyclic amines) is 1.